The van der Waals surface area contributed by atoms with Gasteiger partial charge in [-0.2, -0.15) is 0 Å². The van der Waals surface area contributed by atoms with Gasteiger partial charge in [-0.15, -0.1) is 0 Å². The van der Waals surface area contributed by atoms with Crippen molar-refractivity contribution in [1.82, 2.24) is 4.57 Å². The number of nitrogens with zero attached hydrogens (tertiary/aromatic N) is 1. The van der Waals surface area contributed by atoms with E-state index in [9.17, 15) is 5.11 Å². The summed E-state index contributed by atoms with van der Waals surface area (Å²) in [5, 5.41) is 9.53. The van der Waals surface area contributed by atoms with Gasteiger partial charge in [0.2, 0.25) is 0 Å². The average Bonchev–Trinajstić information content (AvgIpc) is 2.88. The van der Waals surface area contributed by atoms with E-state index in [4.69, 9.17) is 4.74 Å². The van der Waals surface area contributed by atoms with Crippen LogP contribution >= 0.6 is 0 Å². The summed E-state index contributed by atoms with van der Waals surface area (Å²) in [5.41, 5.74) is 2.15. The Balaban J connectivity index is 2.20. The summed E-state index contributed by atoms with van der Waals surface area (Å²) < 4.78 is 7.25. The number of aliphatic hydroxyl groups excluding tert-OH is 1. The van der Waals surface area contributed by atoms with Crippen LogP contribution in [0.15, 0.2) is 42.7 Å². The summed E-state index contributed by atoms with van der Waals surface area (Å²) in [6.07, 6.45) is 3.56. The highest BCUT2D eigenvalue weighted by Crippen LogP contribution is 2.23. The maximum absolute atomic E-state index is 9.53. The fourth-order valence-electron chi connectivity index (χ4n) is 1.97. The van der Waals surface area contributed by atoms with Crippen LogP contribution in [0.5, 0.6) is 5.75 Å². The predicted molar refractivity (Wildman–Crippen MR) is 71.9 cm³/mol. The molecule has 0 saturated carbocycles. The highest BCUT2D eigenvalue weighted by Gasteiger charge is 2.09. The molecule has 3 heteroatoms. The molecule has 1 N–H and O–H groups in total. The van der Waals surface area contributed by atoms with Gasteiger partial charge in [0.15, 0.2) is 0 Å². The minimum absolute atomic E-state index is 0.239. The van der Waals surface area contributed by atoms with Crippen LogP contribution < -0.4 is 4.74 Å². The second-order valence-electron chi connectivity index (χ2n) is 4.52. The Labute approximate surface area is 108 Å². The van der Waals surface area contributed by atoms with Gasteiger partial charge in [0.05, 0.1) is 19.3 Å². The van der Waals surface area contributed by atoms with Gasteiger partial charge < -0.3 is 14.4 Å². The summed E-state index contributed by atoms with van der Waals surface area (Å²) in [7, 11) is 1.67. The Morgan fingerprint density at radius 1 is 1.06 bits per heavy atom. The molecule has 1 aromatic carbocycles. The number of benzene rings is 1. The molecule has 0 aliphatic heterocycles. The van der Waals surface area contributed by atoms with Crippen LogP contribution in [0.25, 0.3) is 0 Å². The van der Waals surface area contributed by atoms with Crippen LogP contribution in [0, 0.1) is 0 Å². The SMILES string of the molecule is COc1ccc([C@H](C)n2ccc([C@@H](C)O)c2)cc1. The summed E-state index contributed by atoms with van der Waals surface area (Å²) >= 11 is 0. The van der Waals surface area contributed by atoms with Gasteiger partial charge in [-0.3, -0.25) is 0 Å². The maximum atomic E-state index is 9.53. The number of aromatic nitrogens is 1. The van der Waals surface area contributed by atoms with Crippen LogP contribution in [0.2, 0.25) is 0 Å². The van der Waals surface area contributed by atoms with Crippen molar-refractivity contribution in [2.75, 3.05) is 7.11 Å². The lowest BCUT2D eigenvalue weighted by Gasteiger charge is -2.14. The smallest absolute Gasteiger partial charge is 0.118 e. The second kappa shape index (κ2) is 5.27. The first kappa shape index (κ1) is 12.7. The van der Waals surface area contributed by atoms with Gasteiger partial charge in [0.1, 0.15) is 5.75 Å². The van der Waals surface area contributed by atoms with Gasteiger partial charge in [0.25, 0.3) is 0 Å². The number of methoxy groups -OCH3 is 1. The molecule has 1 heterocycles. The summed E-state index contributed by atoms with van der Waals surface area (Å²) in [5.74, 6) is 0.864. The number of hydrogen-bond donors (Lipinski definition) is 1. The minimum atomic E-state index is -0.422. The molecule has 0 saturated heterocycles. The summed E-state index contributed by atoms with van der Waals surface area (Å²) in [6.45, 7) is 3.91. The predicted octanol–water partition coefficient (Wildman–Crippen LogP) is 3.16. The lowest BCUT2D eigenvalue weighted by atomic mass is 10.1. The first-order valence-electron chi connectivity index (χ1n) is 6.11. The Kier molecular flexibility index (Phi) is 3.72. The molecule has 0 aliphatic rings. The van der Waals surface area contributed by atoms with Crippen molar-refractivity contribution >= 4 is 0 Å². The normalized spacial score (nSPS) is 14.2. The van der Waals surface area contributed by atoms with Crippen molar-refractivity contribution in [2.45, 2.75) is 26.0 Å². The molecular formula is C15H19NO2. The molecule has 0 amide bonds. The third-order valence-electron chi connectivity index (χ3n) is 3.27. The van der Waals surface area contributed by atoms with Crippen molar-refractivity contribution in [3.63, 3.8) is 0 Å². The van der Waals surface area contributed by atoms with E-state index in [2.05, 4.69) is 23.6 Å². The van der Waals surface area contributed by atoms with Crippen molar-refractivity contribution in [3.8, 4) is 5.75 Å². The van der Waals surface area contributed by atoms with E-state index in [1.165, 1.54) is 5.56 Å². The Hall–Kier alpha value is -1.74. The maximum Gasteiger partial charge on any atom is 0.118 e. The first-order valence-corrected chi connectivity index (χ1v) is 6.11. The van der Waals surface area contributed by atoms with Gasteiger partial charge in [-0.05, 0) is 43.2 Å². The fourth-order valence-corrected chi connectivity index (χ4v) is 1.97. The molecule has 1 aromatic heterocycles. The number of rotatable bonds is 4. The molecule has 2 atom stereocenters. The van der Waals surface area contributed by atoms with Gasteiger partial charge in [0, 0.05) is 12.4 Å². The van der Waals surface area contributed by atoms with E-state index in [0.29, 0.717) is 0 Å². The van der Waals surface area contributed by atoms with Crippen LogP contribution in [0.3, 0.4) is 0 Å². The lowest BCUT2D eigenvalue weighted by molar-refractivity contribution is 0.199. The van der Waals surface area contributed by atoms with Gasteiger partial charge in [-0.25, -0.2) is 0 Å². The Morgan fingerprint density at radius 3 is 2.22 bits per heavy atom. The molecule has 0 bridgehead atoms. The zero-order valence-electron chi connectivity index (χ0n) is 11.0. The van der Waals surface area contributed by atoms with E-state index < -0.39 is 6.10 Å². The average molecular weight is 245 g/mol. The van der Waals surface area contributed by atoms with E-state index in [0.717, 1.165) is 11.3 Å². The third-order valence-corrected chi connectivity index (χ3v) is 3.27. The third kappa shape index (κ3) is 2.57. The Morgan fingerprint density at radius 2 is 1.72 bits per heavy atom. The zero-order valence-corrected chi connectivity index (χ0v) is 11.0. The molecule has 0 fully saturated rings. The number of hydrogen-bond acceptors (Lipinski definition) is 2. The molecule has 96 valence electrons. The zero-order chi connectivity index (χ0) is 13.1. The monoisotopic (exact) mass is 245 g/mol. The summed E-state index contributed by atoms with van der Waals surface area (Å²) in [4.78, 5) is 0. The lowest BCUT2D eigenvalue weighted by Crippen LogP contribution is -2.04. The van der Waals surface area contributed by atoms with E-state index in [-0.39, 0.29) is 6.04 Å². The molecular weight excluding hydrogens is 226 g/mol. The molecule has 0 radical (unpaired) electrons. The van der Waals surface area contributed by atoms with Crippen molar-refractivity contribution in [3.05, 3.63) is 53.9 Å². The van der Waals surface area contributed by atoms with E-state index in [1.54, 1.807) is 14.0 Å². The molecule has 2 rings (SSSR count). The molecule has 18 heavy (non-hydrogen) atoms. The first-order chi connectivity index (χ1) is 8.61. The van der Waals surface area contributed by atoms with Gasteiger partial charge >= 0.3 is 0 Å². The topological polar surface area (TPSA) is 34.4 Å². The van der Waals surface area contributed by atoms with Crippen LogP contribution in [-0.4, -0.2) is 16.8 Å². The highest BCUT2D eigenvalue weighted by molar-refractivity contribution is 5.29. The summed E-state index contributed by atoms with van der Waals surface area (Å²) in [6, 6.07) is 10.2. The second-order valence-corrected chi connectivity index (χ2v) is 4.52. The van der Waals surface area contributed by atoms with Crippen LogP contribution in [0.1, 0.15) is 37.1 Å². The molecule has 3 nitrogen and oxygen atoms in total. The fraction of sp³-hybridized carbons (Fsp3) is 0.333. The van der Waals surface area contributed by atoms with Crippen LogP contribution in [-0.2, 0) is 0 Å². The molecule has 2 aromatic rings. The standard InChI is InChI=1S/C15H19NO2/c1-11(13-4-6-15(18-3)7-5-13)16-9-8-14(10-16)12(2)17/h4-12,17H,1-3H3/t11-,12+/m0/s1. The molecule has 0 spiro atoms. The van der Waals surface area contributed by atoms with Gasteiger partial charge in [-0.1, -0.05) is 12.1 Å². The quantitative estimate of drug-likeness (QED) is 0.897. The van der Waals surface area contributed by atoms with E-state index in [1.807, 2.05) is 30.6 Å². The Bertz CT molecular complexity index is 499. The minimum Gasteiger partial charge on any atom is -0.497 e. The van der Waals surface area contributed by atoms with Crippen LogP contribution in [0.4, 0.5) is 0 Å². The number of ether oxygens (including phenoxy) is 1. The highest BCUT2D eigenvalue weighted by atomic mass is 16.5. The van der Waals surface area contributed by atoms with Crippen molar-refractivity contribution in [1.29, 1.82) is 0 Å². The molecule has 0 unspecified atom stereocenters. The number of aliphatic hydroxyl groups is 1. The molecule has 0 aliphatic carbocycles. The largest absolute Gasteiger partial charge is 0.497 e. The van der Waals surface area contributed by atoms with Crippen molar-refractivity contribution < 1.29 is 9.84 Å². The van der Waals surface area contributed by atoms with E-state index >= 15 is 0 Å². The van der Waals surface area contributed by atoms with Crippen molar-refractivity contribution in [2.24, 2.45) is 0 Å².